The molecule has 1 aromatic rings. The number of hydrogen-bond donors (Lipinski definition) is 2. The van der Waals surface area contributed by atoms with Gasteiger partial charge in [0.05, 0.1) is 0 Å². The Kier molecular flexibility index (Phi) is 5.21. The maximum atomic E-state index is 3.68. The standard InChI is InChI=1S/C16H26N2/c1-13(2)12-17-8-5-9-18-16-10-14-6-3-4-7-15(14)11-16/h3-4,6-7,13,16-18H,5,8-12H2,1-2H3. The zero-order chi connectivity index (χ0) is 12.8. The Labute approximate surface area is 111 Å². The summed E-state index contributed by atoms with van der Waals surface area (Å²) in [5.41, 5.74) is 3.07. The van der Waals surface area contributed by atoms with E-state index in [9.17, 15) is 0 Å². The molecule has 1 aliphatic rings. The van der Waals surface area contributed by atoms with E-state index in [4.69, 9.17) is 0 Å². The summed E-state index contributed by atoms with van der Waals surface area (Å²) in [7, 11) is 0. The summed E-state index contributed by atoms with van der Waals surface area (Å²) >= 11 is 0. The van der Waals surface area contributed by atoms with Gasteiger partial charge >= 0.3 is 0 Å². The molecule has 0 saturated carbocycles. The normalized spacial score (nSPS) is 15.3. The molecule has 18 heavy (non-hydrogen) atoms. The lowest BCUT2D eigenvalue weighted by molar-refractivity contribution is 0.494. The highest BCUT2D eigenvalue weighted by Gasteiger charge is 2.19. The van der Waals surface area contributed by atoms with Gasteiger partial charge in [-0.1, -0.05) is 38.1 Å². The van der Waals surface area contributed by atoms with Gasteiger partial charge in [-0.25, -0.2) is 0 Å². The third-order valence-electron chi connectivity index (χ3n) is 3.57. The van der Waals surface area contributed by atoms with E-state index in [1.54, 1.807) is 0 Å². The predicted octanol–water partition coefficient (Wildman–Crippen LogP) is 2.38. The van der Waals surface area contributed by atoms with Gasteiger partial charge in [0.2, 0.25) is 0 Å². The number of benzene rings is 1. The summed E-state index contributed by atoms with van der Waals surface area (Å²) in [6, 6.07) is 9.49. The Bertz CT molecular complexity index is 335. The van der Waals surface area contributed by atoms with Crippen molar-refractivity contribution in [3.63, 3.8) is 0 Å². The van der Waals surface area contributed by atoms with E-state index in [1.807, 2.05) is 0 Å². The van der Waals surface area contributed by atoms with Gasteiger partial charge in [-0.05, 0) is 55.9 Å². The molecule has 0 unspecified atom stereocenters. The summed E-state index contributed by atoms with van der Waals surface area (Å²) in [5.74, 6) is 0.752. The van der Waals surface area contributed by atoms with Crippen LogP contribution in [0.4, 0.5) is 0 Å². The Morgan fingerprint density at radius 2 is 1.78 bits per heavy atom. The van der Waals surface area contributed by atoms with Crippen molar-refractivity contribution in [1.82, 2.24) is 10.6 Å². The number of rotatable bonds is 7. The highest BCUT2D eigenvalue weighted by atomic mass is 14.9. The summed E-state index contributed by atoms with van der Waals surface area (Å²) < 4.78 is 0. The molecule has 2 nitrogen and oxygen atoms in total. The van der Waals surface area contributed by atoms with Crippen molar-refractivity contribution in [2.24, 2.45) is 5.92 Å². The predicted molar refractivity (Wildman–Crippen MR) is 78.0 cm³/mol. The zero-order valence-corrected chi connectivity index (χ0v) is 11.7. The fraction of sp³-hybridized carbons (Fsp3) is 0.625. The minimum atomic E-state index is 0.660. The molecule has 0 amide bonds. The zero-order valence-electron chi connectivity index (χ0n) is 11.7. The molecule has 0 radical (unpaired) electrons. The second kappa shape index (κ2) is 6.91. The molecule has 0 aromatic heterocycles. The molecule has 0 fully saturated rings. The van der Waals surface area contributed by atoms with Crippen molar-refractivity contribution in [2.45, 2.75) is 39.2 Å². The van der Waals surface area contributed by atoms with Gasteiger partial charge in [0.15, 0.2) is 0 Å². The van der Waals surface area contributed by atoms with E-state index in [-0.39, 0.29) is 0 Å². The van der Waals surface area contributed by atoms with E-state index in [2.05, 4.69) is 48.7 Å². The van der Waals surface area contributed by atoms with E-state index in [0.717, 1.165) is 25.6 Å². The molecule has 0 aliphatic heterocycles. The largest absolute Gasteiger partial charge is 0.316 e. The summed E-state index contributed by atoms with van der Waals surface area (Å²) in [4.78, 5) is 0. The van der Waals surface area contributed by atoms with Crippen molar-refractivity contribution < 1.29 is 0 Å². The molecule has 2 N–H and O–H groups in total. The molecule has 1 aromatic carbocycles. The van der Waals surface area contributed by atoms with Gasteiger partial charge in [-0.3, -0.25) is 0 Å². The van der Waals surface area contributed by atoms with Crippen LogP contribution in [-0.2, 0) is 12.8 Å². The molecule has 0 saturated heterocycles. The molecule has 0 heterocycles. The highest BCUT2D eigenvalue weighted by Crippen LogP contribution is 2.21. The first-order valence-electron chi connectivity index (χ1n) is 7.26. The van der Waals surface area contributed by atoms with Crippen LogP contribution in [0, 0.1) is 5.92 Å². The lowest BCUT2D eigenvalue weighted by Gasteiger charge is -2.12. The van der Waals surface area contributed by atoms with E-state index < -0.39 is 0 Å². The van der Waals surface area contributed by atoms with Crippen LogP contribution in [0.2, 0.25) is 0 Å². The van der Waals surface area contributed by atoms with Gasteiger partial charge in [0, 0.05) is 6.04 Å². The maximum Gasteiger partial charge on any atom is 0.0148 e. The quantitative estimate of drug-likeness (QED) is 0.722. The molecule has 1 aliphatic carbocycles. The van der Waals surface area contributed by atoms with Crippen LogP contribution in [0.5, 0.6) is 0 Å². The Balaban J connectivity index is 1.57. The first-order valence-corrected chi connectivity index (χ1v) is 7.26. The van der Waals surface area contributed by atoms with Crippen molar-refractivity contribution in [1.29, 1.82) is 0 Å². The SMILES string of the molecule is CC(C)CNCCCNC1Cc2ccccc2C1. The topological polar surface area (TPSA) is 24.1 Å². The van der Waals surface area contributed by atoms with Gasteiger partial charge in [0.25, 0.3) is 0 Å². The van der Waals surface area contributed by atoms with Gasteiger partial charge in [-0.15, -0.1) is 0 Å². The summed E-state index contributed by atoms with van der Waals surface area (Å²) in [5, 5.41) is 7.16. The molecule has 0 spiro atoms. The Hall–Kier alpha value is -0.860. The van der Waals surface area contributed by atoms with E-state index in [1.165, 1.54) is 30.4 Å². The Morgan fingerprint density at radius 3 is 2.39 bits per heavy atom. The van der Waals surface area contributed by atoms with Gasteiger partial charge < -0.3 is 10.6 Å². The average Bonchev–Trinajstić information content (AvgIpc) is 2.75. The number of fused-ring (bicyclic) bond motifs is 1. The number of nitrogens with one attached hydrogen (secondary N) is 2. The average molecular weight is 246 g/mol. The lowest BCUT2D eigenvalue weighted by atomic mass is 10.1. The molecule has 0 atom stereocenters. The molecule has 2 rings (SSSR count). The minimum Gasteiger partial charge on any atom is -0.316 e. The first kappa shape index (κ1) is 13.6. The van der Waals surface area contributed by atoms with Crippen molar-refractivity contribution in [3.05, 3.63) is 35.4 Å². The van der Waals surface area contributed by atoms with Crippen LogP contribution in [0.25, 0.3) is 0 Å². The summed E-state index contributed by atoms with van der Waals surface area (Å²) in [6.07, 6.45) is 3.63. The van der Waals surface area contributed by atoms with E-state index >= 15 is 0 Å². The van der Waals surface area contributed by atoms with Crippen LogP contribution in [0.3, 0.4) is 0 Å². The molecular weight excluding hydrogens is 220 g/mol. The smallest absolute Gasteiger partial charge is 0.0148 e. The van der Waals surface area contributed by atoms with E-state index in [0.29, 0.717) is 6.04 Å². The monoisotopic (exact) mass is 246 g/mol. The minimum absolute atomic E-state index is 0.660. The first-order chi connectivity index (χ1) is 8.75. The van der Waals surface area contributed by atoms with Crippen LogP contribution in [0.15, 0.2) is 24.3 Å². The van der Waals surface area contributed by atoms with Crippen LogP contribution in [0.1, 0.15) is 31.4 Å². The highest BCUT2D eigenvalue weighted by molar-refractivity contribution is 5.33. The fourth-order valence-electron chi connectivity index (χ4n) is 2.61. The third kappa shape index (κ3) is 4.11. The number of hydrogen-bond acceptors (Lipinski definition) is 2. The fourth-order valence-corrected chi connectivity index (χ4v) is 2.61. The molecular formula is C16H26N2. The van der Waals surface area contributed by atoms with Crippen molar-refractivity contribution in [2.75, 3.05) is 19.6 Å². The summed E-state index contributed by atoms with van der Waals surface area (Å²) in [6.45, 7) is 7.89. The Morgan fingerprint density at radius 1 is 1.11 bits per heavy atom. The van der Waals surface area contributed by atoms with Gasteiger partial charge in [-0.2, -0.15) is 0 Å². The molecule has 100 valence electrons. The third-order valence-corrected chi connectivity index (χ3v) is 3.57. The van der Waals surface area contributed by atoms with Crippen molar-refractivity contribution in [3.8, 4) is 0 Å². The van der Waals surface area contributed by atoms with Crippen molar-refractivity contribution >= 4 is 0 Å². The van der Waals surface area contributed by atoms with Gasteiger partial charge in [0.1, 0.15) is 0 Å². The molecule has 0 bridgehead atoms. The van der Waals surface area contributed by atoms with Crippen LogP contribution in [-0.4, -0.2) is 25.7 Å². The maximum absolute atomic E-state index is 3.68. The molecule has 2 heteroatoms. The lowest BCUT2D eigenvalue weighted by Crippen LogP contribution is -2.32. The van der Waals surface area contributed by atoms with Crippen LogP contribution >= 0.6 is 0 Å². The van der Waals surface area contributed by atoms with Crippen LogP contribution < -0.4 is 10.6 Å². The second-order valence-corrected chi connectivity index (χ2v) is 5.78. The second-order valence-electron chi connectivity index (χ2n) is 5.78.